The van der Waals surface area contributed by atoms with Gasteiger partial charge in [-0.25, -0.2) is 4.79 Å². The molecule has 0 amide bonds. The number of hydrogen-bond donors (Lipinski definition) is 2. The molecule has 3 atom stereocenters. The smallest absolute Gasteiger partial charge is 0.341 e. The molecule has 1 spiro atoms. The molecule has 0 saturated heterocycles. The fourth-order valence-corrected chi connectivity index (χ4v) is 10.6. The summed E-state index contributed by atoms with van der Waals surface area (Å²) < 4.78 is 16.8. The van der Waals surface area contributed by atoms with Gasteiger partial charge in [-0.05, 0) is 151 Å². The predicted octanol–water partition coefficient (Wildman–Crippen LogP) is 9.17. The Kier molecular flexibility index (Phi) is 6.98. The van der Waals surface area contributed by atoms with Gasteiger partial charge in [-0.3, -0.25) is 0 Å². The Bertz CT molecular complexity index is 1430. The van der Waals surface area contributed by atoms with Crippen molar-refractivity contribution in [3.63, 3.8) is 0 Å². The highest BCUT2D eigenvalue weighted by Gasteiger charge is 2.68. The van der Waals surface area contributed by atoms with Gasteiger partial charge < -0.3 is 19.7 Å². The lowest BCUT2D eigenvalue weighted by atomic mass is 9.60. The van der Waals surface area contributed by atoms with Crippen molar-refractivity contribution < 1.29 is 24.5 Å². The molecule has 2 aromatic rings. The molecule has 178 valence electrons. The number of aromatic hydroxyl groups is 1. The summed E-state index contributed by atoms with van der Waals surface area (Å²) in [4.78, 5) is 13.5. The average molecular weight is 1080 g/mol. The summed E-state index contributed by atoms with van der Waals surface area (Å²) in [7, 11) is 0. The Morgan fingerprint density at radius 1 is 1.06 bits per heavy atom. The molecule has 0 radical (unpaired) electrons. The van der Waals surface area contributed by atoms with E-state index in [1.54, 1.807) is 12.1 Å². The third-order valence-electron chi connectivity index (χ3n) is 6.25. The molecule has 3 unspecified atom stereocenters. The van der Waals surface area contributed by atoms with E-state index in [9.17, 15) is 15.0 Å². The van der Waals surface area contributed by atoms with Gasteiger partial charge >= 0.3 is 5.97 Å². The molecule has 0 aromatic heterocycles. The van der Waals surface area contributed by atoms with Gasteiger partial charge in [0.2, 0.25) is 0 Å². The van der Waals surface area contributed by atoms with Crippen LogP contribution in [0.15, 0.2) is 44.4 Å². The van der Waals surface area contributed by atoms with Crippen LogP contribution in [0.25, 0.3) is 0 Å². The van der Waals surface area contributed by atoms with E-state index < -0.39 is 23.1 Å². The Hall–Kier alpha value is 1.19. The molecule has 0 bridgehead atoms. The number of phenolic OH excluding ortho intramolecular Hbond substituents is 1. The molecule has 0 fully saturated rings. The molecule has 2 N–H and O–H groups in total. The Labute approximate surface area is 273 Å². The zero-order valence-corrected chi connectivity index (χ0v) is 29.9. The SMILES string of the molecule is CC12C=C(Cl)C(O)=C(I)C1Oc1c(cc(I)c(O)c1I)C21OC(=O)c2c(Br)c(Br)c(Br)c(Br)c21. The second-order valence-electron chi connectivity index (χ2n) is 7.94. The Morgan fingerprint density at radius 2 is 1.68 bits per heavy atom. The number of aliphatic hydroxyl groups excluding tert-OH is 1. The van der Waals surface area contributed by atoms with E-state index in [1.165, 1.54) is 0 Å². The van der Waals surface area contributed by atoms with Gasteiger partial charge in [0, 0.05) is 29.0 Å². The Balaban J connectivity index is 2.03. The third-order valence-corrected chi connectivity index (χ3v) is 14.2. The fourth-order valence-electron chi connectivity index (χ4n) is 4.71. The number of carbonyl (C=O) groups is 1. The minimum atomic E-state index is -1.41. The number of rotatable bonds is 0. The van der Waals surface area contributed by atoms with Crippen molar-refractivity contribution in [1.82, 2.24) is 0 Å². The number of carbonyl (C=O) groups excluding carboxylic acids is 1. The van der Waals surface area contributed by atoms with E-state index in [4.69, 9.17) is 21.1 Å². The van der Waals surface area contributed by atoms with E-state index >= 15 is 0 Å². The zero-order valence-electron chi connectivity index (χ0n) is 16.4. The standard InChI is InChI=1S/C21H8Br4ClI3O5/c1-20-3-5(26)15(30)14(29)18(20)33-17-4(2-6(27)16(31)13(17)28)21(20)8-7(19(32)34-21)9(22)11(24)12(25)10(8)23/h2-3,18,30-31H,1H3. The minimum absolute atomic E-state index is 0.0630. The lowest BCUT2D eigenvalue weighted by Crippen LogP contribution is -2.57. The van der Waals surface area contributed by atoms with Crippen LogP contribution in [0.2, 0.25) is 0 Å². The third kappa shape index (κ3) is 3.29. The first-order valence-electron chi connectivity index (χ1n) is 9.24. The number of hydrogen-bond acceptors (Lipinski definition) is 5. The molecule has 34 heavy (non-hydrogen) atoms. The lowest BCUT2D eigenvalue weighted by Gasteiger charge is -2.53. The largest absolute Gasteiger partial charge is 0.506 e. The number of ether oxygens (including phenoxy) is 2. The van der Waals surface area contributed by atoms with Crippen LogP contribution in [-0.2, 0) is 10.3 Å². The van der Waals surface area contributed by atoms with Crippen molar-refractivity contribution in [3.8, 4) is 11.5 Å². The summed E-state index contributed by atoms with van der Waals surface area (Å²) in [6.45, 7) is 1.89. The number of benzene rings is 2. The number of fused-ring (bicyclic) bond motifs is 6. The first-order chi connectivity index (χ1) is 15.8. The second kappa shape index (κ2) is 8.86. The van der Waals surface area contributed by atoms with Gasteiger partial charge in [-0.15, -0.1) is 0 Å². The quantitative estimate of drug-likeness (QED) is 0.119. The molecule has 2 aliphatic heterocycles. The molecular weight excluding hydrogens is 1070 g/mol. The van der Waals surface area contributed by atoms with Crippen molar-refractivity contribution in [3.05, 3.63) is 68.2 Å². The number of phenols is 1. The average Bonchev–Trinajstić information content (AvgIpc) is 3.10. The van der Waals surface area contributed by atoms with Gasteiger partial charge in [0.05, 0.1) is 26.7 Å². The van der Waals surface area contributed by atoms with Crippen LogP contribution in [0.5, 0.6) is 11.5 Å². The van der Waals surface area contributed by atoms with Gasteiger partial charge in [-0.1, -0.05) is 11.6 Å². The molecule has 1 aliphatic carbocycles. The monoisotopic (exact) mass is 1070 g/mol. The minimum Gasteiger partial charge on any atom is -0.506 e. The summed E-state index contributed by atoms with van der Waals surface area (Å²) in [5.74, 6) is -0.194. The van der Waals surface area contributed by atoms with E-state index in [1.807, 2.05) is 74.7 Å². The molecular formula is C21H8Br4ClI3O5. The summed E-state index contributed by atoms with van der Waals surface area (Å²) in [5, 5.41) is 21.5. The van der Waals surface area contributed by atoms with E-state index in [0.29, 0.717) is 51.1 Å². The number of aliphatic hydroxyl groups is 1. The summed E-state index contributed by atoms with van der Waals surface area (Å²) in [6, 6.07) is 1.76. The first-order valence-corrected chi connectivity index (χ1v) is 16.0. The molecule has 13 heteroatoms. The molecule has 2 aromatic carbocycles. The van der Waals surface area contributed by atoms with Crippen LogP contribution in [0, 0.1) is 12.6 Å². The van der Waals surface area contributed by atoms with E-state index in [2.05, 4.69) is 63.7 Å². The summed E-state index contributed by atoms with van der Waals surface area (Å²) in [6.07, 6.45) is 0.924. The molecule has 2 heterocycles. The summed E-state index contributed by atoms with van der Waals surface area (Å²) in [5.41, 5.74) is -0.976. The molecule has 0 saturated carbocycles. The van der Waals surface area contributed by atoms with E-state index in [-0.39, 0.29) is 16.5 Å². The van der Waals surface area contributed by atoms with Gasteiger partial charge in [0.1, 0.15) is 23.4 Å². The molecule has 5 rings (SSSR count). The van der Waals surface area contributed by atoms with Crippen LogP contribution in [0.4, 0.5) is 0 Å². The van der Waals surface area contributed by atoms with Crippen LogP contribution >= 0.6 is 143 Å². The maximum Gasteiger partial charge on any atom is 0.341 e. The zero-order chi connectivity index (χ0) is 25.1. The maximum atomic E-state index is 13.5. The van der Waals surface area contributed by atoms with Gasteiger partial charge in [0.15, 0.2) is 5.60 Å². The highest BCUT2D eigenvalue weighted by molar-refractivity contribution is 14.1. The molecule has 3 aliphatic rings. The van der Waals surface area contributed by atoms with Crippen LogP contribution < -0.4 is 4.74 Å². The number of halogens is 8. The fraction of sp³-hybridized carbons (Fsp3) is 0.190. The first kappa shape index (κ1) is 26.8. The second-order valence-corrected chi connectivity index (χ2v) is 14.9. The highest BCUT2D eigenvalue weighted by atomic mass is 127. The van der Waals surface area contributed by atoms with Crippen molar-refractivity contribution in [2.45, 2.75) is 18.6 Å². The van der Waals surface area contributed by atoms with Crippen molar-refractivity contribution in [2.24, 2.45) is 5.41 Å². The predicted molar refractivity (Wildman–Crippen MR) is 167 cm³/mol. The van der Waals surface area contributed by atoms with Crippen molar-refractivity contribution in [1.29, 1.82) is 0 Å². The van der Waals surface area contributed by atoms with Crippen LogP contribution in [0.1, 0.15) is 28.4 Å². The van der Waals surface area contributed by atoms with Crippen molar-refractivity contribution >= 4 is 149 Å². The van der Waals surface area contributed by atoms with Crippen LogP contribution in [-0.4, -0.2) is 22.3 Å². The normalized spacial score (nSPS) is 27.1. The lowest BCUT2D eigenvalue weighted by molar-refractivity contribution is -0.0905. The van der Waals surface area contributed by atoms with E-state index in [0.717, 1.165) is 0 Å². The van der Waals surface area contributed by atoms with Crippen LogP contribution in [0.3, 0.4) is 0 Å². The maximum absolute atomic E-state index is 13.5. The van der Waals surface area contributed by atoms with Gasteiger partial charge in [0.25, 0.3) is 0 Å². The topological polar surface area (TPSA) is 76.0 Å². The van der Waals surface area contributed by atoms with Gasteiger partial charge in [-0.2, -0.15) is 0 Å². The molecule has 5 nitrogen and oxygen atoms in total. The van der Waals surface area contributed by atoms with Crippen molar-refractivity contribution in [2.75, 3.05) is 0 Å². The highest BCUT2D eigenvalue weighted by Crippen LogP contribution is 2.67. The summed E-state index contributed by atoms with van der Waals surface area (Å²) >= 11 is 27.0. The Morgan fingerprint density at radius 3 is 2.32 bits per heavy atom. The number of esters is 1. The number of allylic oxidation sites excluding steroid dienone is 1.